The summed E-state index contributed by atoms with van der Waals surface area (Å²) >= 11 is 0. The zero-order chi connectivity index (χ0) is 13.0. The average molecular weight is 254 g/mol. The van der Waals surface area contributed by atoms with Crippen molar-refractivity contribution in [1.29, 1.82) is 0 Å². The van der Waals surface area contributed by atoms with Crippen LogP contribution in [0, 0.1) is 11.8 Å². The van der Waals surface area contributed by atoms with E-state index in [9.17, 15) is 4.79 Å². The highest BCUT2D eigenvalue weighted by Gasteiger charge is 2.29. The summed E-state index contributed by atoms with van der Waals surface area (Å²) in [6, 6.07) is 0. The summed E-state index contributed by atoms with van der Waals surface area (Å²) in [5, 5.41) is 0. The van der Waals surface area contributed by atoms with E-state index < -0.39 is 0 Å². The molecule has 2 aliphatic carbocycles. The molecule has 0 atom stereocenters. The molecule has 2 saturated carbocycles. The monoisotopic (exact) mass is 254 g/mol. The second-order valence-electron chi connectivity index (χ2n) is 6.01. The Morgan fingerprint density at radius 2 is 1.39 bits per heavy atom. The van der Waals surface area contributed by atoms with Gasteiger partial charge in [-0.1, -0.05) is 6.92 Å². The van der Waals surface area contributed by atoms with E-state index in [1.165, 1.54) is 32.8 Å². The van der Waals surface area contributed by atoms with Crippen molar-refractivity contribution in [1.82, 2.24) is 0 Å². The molecule has 2 rings (SSSR count). The van der Waals surface area contributed by atoms with Gasteiger partial charge >= 0.3 is 5.97 Å². The maximum Gasteiger partial charge on any atom is 0.308 e. The predicted octanol–water partition coefficient (Wildman–Crippen LogP) is 3.31. The molecule has 0 amide bonds. The van der Waals surface area contributed by atoms with Gasteiger partial charge in [0.05, 0.1) is 25.2 Å². The summed E-state index contributed by atoms with van der Waals surface area (Å²) in [4.78, 5) is 11.4. The lowest BCUT2D eigenvalue weighted by atomic mass is 9.86. The van der Waals surface area contributed by atoms with Crippen molar-refractivity contribution in [2.24, 2.45) is 11.8 Å². The Morgan fingerprint density at radius 1 is 0.889 bits per heavy atom. The van der Waals surface area contributed by atoms with Gasteiger partial charge in [-0.05, 0) is 57.3 Å². The summed E-state index contributed by atoms with van der Waals surface area (Å²) in [7, 11) is 1.48. The molecule has 0 bridgehead atoms. The van der Waals surface area contributed by atoms with Crippen LogP contribution in [-0.4, -0.2) is 25.3 Å². The van der Waals surface area contributed by atoms with Crippen LogP contribution in [0.1, 0.15) is 58.3 Å². The maximum atomic E-state index is 11.4. The third-order valence-corrected chi connectivity index (χ3v) is 4.56. The van der Waals surface area contributed by atoms with E-state index in [0.29, 0.717) is 12.2 Å². The van der Waals surface area contributed by atoms with Gasteiger partial charge in [0.2, 0.25) is 0 Å². The predicted molar refractivity (Wildman–Crippen MR) is 70.3 cm³/mol. The van der Waals surface area contributed by atoms with Gasteiger partial charge in [-0.3, -0.25) is 4.79 Å². The molecule has 3 heteroatoms. The second-order valence-corrected chi connectivity index (χ2v) is 6.01. The molecule has 18 heavy (non-hydrogen) atoms. The number of rotatable bonds is 3. The smallest absolute Gasteiger partial charge is 0.308 e. The molecular formula is C15H26O3. The van der Waals surface area contributed by atoms with E-state index in [1.807, 2.05) is 0 Å². The molecule has 0 radical (unpaired) electrons. The van der Waals surface area contributed by atoms with E-state index in [1.54, 1.807) is 0 Å². The first-order valence-corrected chi connectivity index (χ1v) is 7.42. The zero-order valence-electron chi connectivity index (χ0n) is 11.7. The van der Waals surface area contributed by atoms with Crippen LogP contribution in [-0.2, 0) is 14.3 Å². The van der Waals surface area contributed by atoms with E-state index in [0.717, 1.165) is 31.6 Å². The topological polar surface area (TPSA) is 35.5 Å². The van der Waals surface area contributed by atoms with Crippen LogP contribution < -0.4 is 0 Å². The minimum atomic E-state index is -0.0417. The van der Waals surface area contributed by atoms with Crippen molar-refractivity contribution in [3.63, 3.8) is 0 Å². The number of hydrogen-bond acceptors (Lipinski definition) is 3. The Bertz CT molecular complexity index is 261. The van der Waals surface area contributed by atoms with Crippen molar-refractivity contribution in [3.05, 3.63) is 0 Å². The van der Waals surface area contributed by atoms with Gasteiger partial charge < -0.3 is 9.47 Å². The number of carbonyl (C=O) groups excluding carboxylic acids is 1. The number of methoxy groups -OCH3 is 1. The van der Waals surface area contributed by atoms with Crippen LogP contribution in [0.5, 0.6) is 0 Å². The van der Waals surface area contributed by atoms with Crippen molar-refractivity contribution in [2.75, 3.05) is 7.11 Å². The lowest BCUT2D eigenvalue weighted by Crippen LogP contribution is -2.31. The van der Waals surface area contributed by atoms with Gasteiger partial charge in [0.15, 0.2) is 0 Å². The van der Waals surface area contributed by atoms with Crippen LogP contribution in [0.3, 0.4) is 0 Å². The van der Waals surface area contributed by atoms with Gasteiger partial charge in [-0.15, -0.1) is 0 Å². The highest BCUT2D eigenvalue weighted by atomic mass is 16.5. The summed E-state index contributed by atoms with van der Waals surface area (Å²) in [6.45, 7) is 2.33. The summed E-state index contributed by atoms with van der Waals surface area (Å²) in [6.07, 6.45) is 9.81. The normalized spacial score (nSPS) is 37.2. The lowest BCUT2D eigenvalue weighted by molar-refractivity contribution is -0.148. The largest absolute Gasteiger partial charge is 0.469 e. The molecular weight excluding hydrogens is 228 g/mol. The Morgan fingerprint density at radius 3 is 1.89 bits per heavy atom. The van der Waals surface area contributed by atoms with Crippen LogP contribution in [0.2, 0.25) is 0 Å². The molecule has 0 aromatic carbocycles. The first-order valence-electron chi connectivity index (χ1n) is 7.42. The van der Waals surface area contributed by atoms with E-state index >= 15 is 0 Å². The fraction of sp³-hybridized carbons (Fsp3) is 0.933. The molecule has 0 saturated heterocycles. The van der Waals surface area contributed by atoms with Crippen molar-refractivity contribution < 1.29 is 14.3 Å². The third-order valence-electron chi connectivity index (χ3n) is 4.56. The standard InChI is InChI=1S/C15H26O3/c1-11-3-7-13(8-4-11)18-14-9-5-12(6-10-14)15(16)17-2/h11-14H,3-10H2,1-2H3. The maximum absolute atomic E-state index is 11.4. The fourth-order valence-electron chi connectivity index (χ4n) is 3.24. The Balaban J connectivity index is 1.69. The highest BCUT2D eigenvalue weighted by molar-refractivity contribution is 5.72. The van der Waals surface area contributed by atoms with E-state index in [2.05, 4.69) is 6.92 Å². The van der Waals surface area contributed by atoms with Gasteiger partial charge in [0, 0.05) is 0 Å². The van der Waals surface area contributed by atoms with Gasteiger partial charge in [0.25, 0.3) is 0 Å². The van der Waals surface area contributed by atoms with E-state index in [4.69, 9.17) is 9.47 Å². The number of carbonyl (C=O) groups is 1. The van der Waals surface area contributed by atoms with Crippen molar-refractivity contribution in [3.8, 4) is 0 Å². The first kappa shape index (κ1) is 13.9. The lowest BCUT2D eigenvalue weighted by Gasteiger charge is -2.33. The molecule has 0 heterocycles. The quantitative estimate of drug-likeness (QED) is 0.725. The SMILES string of the molecule is COC(=O)C1CCC(OC2CCC(C)CC2)CC1. The molecule has 0 spiro atoms. The molecule has 0 aliphatic heterocycles. The van der Waals surface area contributed by atoms with Crippen molar-refractivity contribution in [2.45, 2.75) is 70.5 Å². The van der Waals surface area contributed by atoms with Gasteiger partial charge in [-0.25, -0.2) is 0 Å². The molecule has 0 unspecified atom stereocenters. The third kappa shape index (κ3) is 3.71. The molecule has 0 aromatic heterocycles. The minimum absolute atomic E-state index is 0.0417. The fourth-order valence-corrected chi connectivity index (χ4v) is 3.24. The first-order chi connectivity index (χ1) is 8.69. The minimum Gasteiger partial charge on any atom is -0.469 e. The Kier molecular flexibility index (Phi) is 5.04. The Hall–Kier alpha value is -0.570. The van der Waals surface area contributed by atoms with Gasteiger partial charge in [-0.2, -0.15) is 0 Å². The van der Waals surface area contributed by atoms with Crippen LogP contribution in [0.15, 0.2) is 0 Å². The average Bonchev–Trinajstić information content (AvgIpc) is 2.41. The van der Waals surface area contributed by atoms with E-state index in [-0.39, 0.29) is 11.9 Å². The molecule has 2 aliphatic rings. The molecule has 0 N–H and O–H groups in total. The summed E-state index contributed by atoms with van der Waals surface area (Å²) in [5.74, 6) is 0.945. The van der Waals surface area contributed by atoms with Crippen LogP contribution in [0.25, 0.3) is 0 Å². The molecule has 104 valence electrons. The zero-order valence-corrected chi connectivity index (χ0v) is 11.7. The number of hydrogen-bond donors (Lipinski definition) is 0. The highest BCUT2D eigenvalue weighted by Crippen LogP contribution is 2.31. The van der Waals surface area contributed by atoms with Crippen molar-refractivity contribution >= 4 is 5.97 Å². The summed E-state index contributed by atoms with van der Waals surface area (Å²) < 4.78 is 11.0. The molecule has 0 aromatic rings. The number of esters is 1. The number of ether oxygens (including phenoxy) is 2. The van der Waals surface area contributed by atoms with Crippen LogP contribution in [0.4, 0.5) is 0 Å². The Labute approximate surface area is 110 Å². The molecule has 3 nitrogen and oxygen atoms in total. The summed E-state index contributed by atoms with van der Waals surface area (Å²) in [5.41, 5.74) is 0. The second kappa shape index (κ2) is 6.55. The van der Waals surface area contributed by atoms with Gasteiger partial charge in [0.1, 0.15) is 0 Å². The van der Waals surface area contributed by atoms with Crippen LogP contribution >= 0.6 is 0 Å². The molecule has 2 fully saturated rings.